The number of esters is 1. The monoisotopic (exact) mass is 494 g/mol. The first kappa shape index (κ1) is 23.8. The molecule has 0 aliphatic heterocycles. The van der Waals surface area contributed by atoms with Crippen LogP contribution in [0.1, 0.15) is 10.4 Å². The molecule has 35 heavy (non-hydrogen) atoms. The van der Waals surface area contributed by atoms with Crippen LogP contribution in [0.4, 0.5) is 10.2 Å². The lowest BCUT2D eigenvalue weighted by Gasteiger charge is -2.10. The quantitative estimate of drug-likeness (QED) is 0.379. The van der Waals surface area contributed by atoms with Crippen LogP contribution < -0.4 is 10.5 Å². The van der Waals surface area contributed by atoms with E-state index < -0.39 is 44.8 Å². The lowest BCUT2D eigenvalue weighted by Crippen LogP contribution is -2.23. The minimum absolute atomic E-state index is 0.318. The normalized spacial score (nSPS) is 11.1. The summed E-state index contributed by atoms with van der Waals surface area (Å²) in [6.07, 6.45) is 0. The topological polar surface area (TPSA) is 133 Å². The number of nitrogens with zero attached hydrogens (tertiary/aromatic N) is 2. The number of benzene rings is 3. The minimum atomic E-state index is -4.16. The number of primary sulfonamides is 1. The molecule has 0 spiro atoms. The minimum Gasteiger partial charge on any atom is -0.452 e. The lowest BCUT2D eigenvalue weighted by atomic mass is 10.2. The van der Waals surface area contributed by atoms with Crippen molar-refractivity contribution in [1.82, 2.24) is 9.78 Å². The molecular formula is C24H19FN4O5S. The summed E-state index contributed by atoms with van der Waals surface area (Å²) in [7, 11) is -4.16. The van der Waals surface area contributed by atoms with E-state index in [0.717, 1.165) is 23.8 Å². The number of nitrogens with two attached hydrogens (primary N) is 1. The number of anilines is 1. The molecule has 0 atom stereocenters. The Morgan fingerprint density at radius 3 is 2.29 bits per heavy atom. The number of rotatable bonds is 7. The Labute approximate surface area is 200 Å². The maximum absolute atomic E-state index is 14.0. The molecule has 1 heterocycles. The van der Waals surface area contributed by atoms with Crippen molar-refractivity contribution in [2.75, 3.05) is 11.9 Å². The van der Waals surface area contributed by atoms with Crippen LogP contribution in [0.5, 0.6) is 0 Å². The van der Waals surface area contributed by atoms with Gasteiger partial charge in [-0.15, -0.1) is 0 Å². The van der Waals surface area contributed by atoms with Gasteiger partial charge in [0.1, 0.15) is 11.6 Å². The van der Waals surface area contributed by atoms with Crippen LogP contribution in [0.25, 0.3) is 16.9 Å². The fraction of sp³-hybridized carbons (Fsp3) is 0.0417. The van der Waals surface area contributed by atoms with E-state index in [1.165, 1.54) is 4.68 Å². The maximum atomic E-state index is 14.0. The highest BCUT2D eigenvalue weighted by molar-refractivity contribution is 7.89. The summed E-state index contributed by atoms with van der Waals surface area (Å²) in [5.74, 6) is -2.63. The summed E-state index contributed by atoms with van der Waals surface area (Å²) in [5, 5.41) is 12.2. The zero-order valence-corrected chi connectivity index (χ0v) is 18.9. The van der Waals surface area contributed by atoms with E-state index in [-0.39, 0.29) is 0 Å². The third-order valence-electron chi connectivity index (χ3n) is 4.87. The van der Waals surface area contributed by atoms with Gasteiger partial charge < -0.3 is 10.1 Å². The van der Waals surface area contributed by atoms with E-state index in [2.05, 4.69) is 10.4 Å². The van der Waals surface area contributed by atoms with Gasteiger partial charge in [0.2, 0.25) is 10.0 Å². The van der Waals surface area contributed by atoms with Crippen LogP contribution in [-0.4, -0.2) is 36.7 Å². The van der Waals surface area contributed by atoms with Gasteiger partial charge in [0.25, 0.3) is 5.91 Å². The van der Waals surface area contributed by atoms with Crippen molar-refractivity contribution in [3.05, 3.63) is 96.3 Å². The second-order valence-corrected chi connectivity index (χ2v) is 8.90. The first-order valence-electron chi connectivity index (χ1n) is 10.2. The molecule has 11 heteroatoms. The second-order valence-electron chi connectivity index (χ2n) is 7.34. The third kappa shape index (κ3) is 5.60. The summed E-state index contributed by atoms with van der Waals surface area (Å²) in [6.45, 7) is -0.751. The van der Waals surface area contributed by atoms with Crippen molar-refractivity contribution in [2.24, 2.45) is 5.14 Å². The first-order chi connectivity index (χ1) is 16.7. The molecule has 1 aromatic heterocycles. The fourth-order valence-corrected chi connectivity index (χ4v) is 3.75. The van der Waals surface area contributed by atoms with Crippen LogP contribution in [-0.2, 0) is 19.6 Å². The Morgan fingerprint density at radius 2 is 1.63 bits per heavy atom. The molecular weight excluding hydrogens is 475 g/mol. The number of hydrogen-bond donors (Lipinski definition) is 2. The van der Waals surface area contributed by atoms with Gasteiger partial charge in [-0.1, -0.05) is 48.5 Å². The molecule has 9 nitrogen and oxygen atoms in total. The molecule has 4 aromatic rings. The highest BCUT2D eigenvalue weighted by Gasteiger charge is 2.20. The number of halogens is 1. The second kappa shape index (κ2) is 9.87. The molecule has 0 bridgehead atoms. The molecule has 1 amide bonds. The van der Waals surface area contributed by atoms with Gasteiger partial charge in [0.05, 0.1) is 21.8 Å². The van der Waals surface area contributed by atoms with Gasteiger partial charge in [0.15, 0.2) is 6.61 Å². The number of ether oxygens (including phenoxy) is 1. The molecule has 0 aliphatic carbocycles. The number of aromatic nitrogens is 2. The Bertz CT molecular complexity index is 1490. The first-order valence-corrected chi connectivity index (χ1v) is 11.8. The van der Waals surface area contributed by atoms with Crippen molar-refractivity contribution in [3.63, 3.8) is 0 Å². The molecule has 0 aliphatic rings. The molecule has 0 saturated carbocycles. The van der Waals surface area contributed by atoms with Crippen molar-refractivity contribution >= 4 is 27.7 Å². The van der Waals surface area contributed by atoms with Gasteiger partial charge in [0, 0.05) is 11.6 Å². The van der Waals surface area contributed by atoms with Crippen LogP contribution in [0.15, 0.2) is 89.8 Å². The Hall–Kier alpha value is -4.35. The molecule has 4 rings (SSSR count). The standard InChI is InChI=1S/C24H19FN4O5S/c25-20-12-11-18(35(26,32)33)13-19(20)24(31)34-15-23(30)27-22-14-21(16-7-3-1-4-8-16)28-29(22)17-9-5-2-6-10-17/h1-14H,15H2,(H,27,30)(H2,26,32,33). The van der Waals surface area contributed by atoms with Gasteiger partial charge >= 0.3 is 5.97 Å². The van der Waals surface area contributed by atoms with Crippen molar-refractivity contribution in [3.8, 4) is 16.9 Å². The predicted octanol–water partition coefficient (Wildman–Crippen LogP) is 3.12. The smallest absolute Gasteiger partial charge is 0.341 e. The number of carbonyl (C=O) groups excluding carboxylic acids is 2. The average molecular weight is 495 g/mol. The van der Waals surface area contributed by atoms with Crippen LogP contribution in [0.3, 0.4) is 0 Å². The molecule has 0 fully saturated rings. The van der Waals surface area contributed by atoms with E-state index in [0.29, 0.717) is 17.2 Å². The number of carbonyl (C=O) groups is 2. The third-order valence-corrected chi connectivity index (χ3v) is 5.78. The Morgan fingerprint density at radius 1 is 0.971 bits per heavy atom. The lowest BCUT2D eigenvalue weighted by molar-refractivity contribution is -0.119. The number of amides is 1. The van der Waals surface area contributed by atoms with Crippen molar-refractivity contribution in [2.45, 2.75) is 4.90 Å². The van der Waals surface area contributed by atoms with Crippen LogP contribution in [0.2, 0.25) is 0 Å². The van der Waals surface area contributed by atoms with Crippen LogP contribution in [0, 0.1) is 5.82 Å². The zero-order chi connectivity index (χ0) is 25.0. The van der Waals surface area contributed by atoms with Crippen molar-refractivity contribution in [1.29, 1.82) is 0 Å². The number of sulfonamides is 1. The maximum Gasteiger partial charge on any atom is 0.341 e. The molecule has 0 unspecified atom stereocenters. The predicted molar refractivity (Wildman–Crippen MR) is 126 cm³/mol. The number of para-hydroxylation sites is 1. The van der Waals surface area contributed by atoms with Gasteiger partial charge in [-0.3, -0.25) is 4.79 Å². The van der Waals surface area contributed by atoms with Gasteiger partial charge in [-0.05, 0) is 30.3 Å². The Balaban J connectivity index is 1.52. The summed E-state index contributed by atoms with van der Waals surface area (Å²) in [6, 6.07) is 22.5. The molecule has 178 valence electrons. The highest BCUT2D eigenvalue weighted by atomic mass is 32.2. The summed E-state index contributed by atoms with van der Waals surface area (Å²) >= 11 is 0. The van der Waals surface area contributed by atoms with Gasteiger partial charge in [-0.25, -0.2) is 27.4 Å². The van der Waals surface area contributed by atoms with E-state index in [4.69, 9.17) is 9.88 Å². The number of hydrogen-bond acceptors (Lipinski definition) is 6. The molecule has 0 saturated heterocycles. The van der Waals surface area contributed by atoms with Crippen LogP contribution >= 0.6 is 0 Å². The van der Waals surface area contributed by atoms with E-state index in [1.54, 1.807) is 18.2 Å². The highest BCUT2D eigenvalue weighted by Crippen LogP contribution is 2.24. The SMILES string of the molecule is NS(=O)(=O)c1ccc(F)c(C(=O)OCC(=O)Nc2cc(-c3ccccc3)nn2-c2ccccc2)c1. The molecule has 3 N–H and O–H groups in total. The fourth-order valence-electron chi connectivity index (χ4n) is 3.21. The Kier molecular flexibility index (Phi) is 6.71. The van der Waals surface area contributed by atoms with Crippen molar-refractivity contribution < 1.29 is 27.1 Å². The summed E-state index contributed by atoms with van der Waals surface area (Å²) < 4.78 is 43.4. The molecule has 0 radical (unpaired) electrons. The van der Waals surface area contributed by atoms with E-state index >= 15 is 0 Å². The summed E-state index contributed by atoms with van der Waals surface area (Å²) in [5.41, 5.74) is 1.45. The zero-order valence-electron chi connectivity index (χ0n) is 18.1. The van der Waals surface area contributed by atoms with E-state index in [9.17, 15) is 22.4 Å². The summed E-state index contributed by atoms with van der Waals surface area (Å²) in [4.78, 5) is 24.4. The number of nitrogens with one attached hydrogen (secondary N) is 1. The molecule has 3 aromatic carbocycles. The van der Waals surface area contributed by atoms with Gasteiger partial charge in [-0.2, -0.15) is 5.10 Å². The average Bonchev–Trinajstić information content (AvgIpc) is 3.27. The largest absolute Gasteiger partial charge is 0.452 e. The van der Waals surface area contributed by atoms with E-state index in [1.807, 2.05) is 48.5 Å².